The highest BCUT2D eigenvalue weighted by atomic mass is 35.5. The zero-order valence-corrected chi connectivity index (χ0v) is 14.0. The molecule has 2 saturated heterocycles. The minimum Gasteiger partial charge on any atom is -0.351 e. The molecule has 116 valence electrons. The van der Waals surface area contributed by atoms with E-state index in [2.05, 4.69) is 28.6 Å². The van der Waals surface area contributed by atoms with Gasteiger partial charge in [-0.05, 0) is 33.2 Å². The molecule has 2 atom stereocenters. The molecule has 0 bridgehead atoms. The van der Waals surface area contributed by atoms with Gasteiger partial charge in [0.1, 0.15) is 16.8 Å². The summed E-state index contributed by atoms with van der Waals surface area (Å²) in [6, 6.07) is 1.15. The molecule has 0 N–H and O–H groups in total. The van der Waals surface area contributed by atoms with Gasteiger partial charge in [-0.1, -0.05) is 24.9 Å². The molecule has 0 amide bonds. The Hall–Kier alpha value is -0.870. The molecule has 3 rings (SSSR count). The van der Waals surface area contributed by atoms with Crippen LogP contribution in [-0.4, -0.2) is 46.6 Å². The molecule has 2 unspecified atom stereocenters. The third-order valence-corrected chi connectivity index (χ3v) is 5.25. The van der Waals surface area contributed by atoms with Crippen molar-refractivity contribution in [1.82, 2.24) is 14.9 Å². The third kappa shape index (κ3) is 2.88. The molecule has 3 heterocycles. The highest BCUT2D eigenvalue weighted by Crippen LogP contribution is 2.31. The van der Waals surface area contributed by atoms with Gasteiger partial charge < -0.3 is 4.90 Å². The Morgan fingerprint density at radius 1 is 1.24 bits per heavy atom. The van der Waals surface area contributed by atoms with E-state index in [1.165, 1.54) is 25.8 Å². The first-order valence-electron chi connectivity index (χ1n) is 8.13. The van der Waals surface area contributed by atoms with Crippen LogP contribution < -0.4 is 4.90 Å². The topological polar surface area (TPSA) is 32.3 Å². The van der Waals surface area contributed by atoms with Crippen LogP contribution in [0.4, 0.5) is 5.82 Å². The molecule has 0 spiro atoms. The Balaban J connectivity index is 1.90. The molecule has 0 saturated carbocycles. The van der Waals surface area contributed by atoms with Gasteiger partial charge in [0.15, 0.2) is 0 Å². The first kappa shape index (κ1) is 15.0. The molecule has 0 radical (unpaired) electrons. The van der Waals surface area contributed by atoms with Gasteiger partial charge in [0.2, 0.25) is 0 Å². The summed E-state index contributed by atoms with van der Waals surface area (Å²) in [4.78, 5) is 14.3. The maximum Gasteiger partial charge on any atom is 0.137 e. The first-order chi connectivity index (χ1) is 10.1. The summed E-state index contributed by atoms with van der Waals surface area (Å²) in [7, 11) is 0. The van der Waals surface area contributed by atoms with Crippen molar-refractivity contribution in [1.29, 1.82) is 0 Å². The fraction of sp³-hybridized carbons (Fsp3) is 0.750. The highest BCUT2D eigenvalue weighted by Gasteiger charge is 2.34. The Labute approximate surface area is 132 Å². The predicted octanol–water partition coefficient (Wildman–Crippen LogP) is 3.06. The van der Waals surface area contributed by atoms with E-state index in [4.69, 9.17) is 16.6 Å². The summed E-state index contributed by atoms with van der Waals surface area (Å²) in [6.07, 6.45) is 4.83. The van der Waals surface area contributed by atoms with Crippen LogP contribution in [-0.2, 0) is 6.42 Å². The molecule has 2 aliphatic heterocycles. The molecular weight excluding hydrogens is 284 g/mol. The van der Waals surface area contributed by atoms with Crippen LogP contribution in [0, 0.1) is 6.92 Å². The maximum atomic E-state index is 6.31. The fourth-order valence-corrected chi connectivity index (χ4v) is 3.79. The first-order valence-corrected chi connectivity index (χ1v) is 8.51. The van der Waals surface area contributed by atoms with Gasteiger partial charge in [-0.25, -0.2) is 9.97 Å². The molecular formula is C16H25ClN4. The number of nitrogens with zero attached hydrogens (tertiary/aromatic N) is 4. The molecule has 2 fully saturated rings. The Bertz CT molecular complexity index is 519. The number of aromatic nitrogens is 2. The second-order valence-electron chi connectivity index (χ2n) is 6.38. The predicted molar refractivity (Wildman–Crippen MR) is 87.2 cm³/mol. The lowest BCUT2D eigenvalue weighted by molar-refractivity contribution is 0.115. The Morgan fingerprint density at radius 3 is 2.81 bits per heavy atom. The van der Waals surface area contributed by atoms with Crippen LogP contribution in [0.15, 0.2) is 0 Å². The Kier molecular flexibility index (Phi) is 4.36. The largest absolute Gasteiger partial charge is 0.351 e. The van der Waals surface area contributed by atoms with Gasteiger partial charge in [0, 0.05) is 37.2 Å². The number of fused-ring (bicyclic) bond motifs is 1. The van der Waals surface area contributed by atoms with Gasteiger partial charge in [-0.15, -0.1) is 0 Å². The van der Waals surface area contributed by atoms with Gasteiger partial charge >= 0.3 is 0 Å². The van der Waals surface area contributed by atoms with E-state index in [0.717, 1.165) is 36.7 Å². The molecule has 1 aromatic heterocycles. The average Bonchev–Trinajstić information content (AvgIpc) is 2.49. The lowest BCUT2D eigenvalue weighted by Crippen LogP contribution is -2.59. The van der Waals surface area contributed by atoms with Crippen molar-refractivity contribution in [2.75, 3.05) is 24.5 Å². The van der Waals surface area contributed by atoms with Gasteiger partial charge in [0.05, 0.1) is 0 Å². The van der Waals surface area contributed by atoms with E-state index in [0.29, 0.717) is 17.2 Å². The standard InChI is InChI=1S/C16H25ClN4/c1-4-14-18-15(17)12(3)16(19-14)21-10-13-7-5-6-8-20(13)9-11(21)2/h11,13H,4-10H2,1-3H3. The van der Waals surface area contributed by atoms with Gasteiger partial charge in [-0.2, -0.15) is 0 Å². The van der Waals surface area contributed by atoms with E-state index in [9.17, 15) is 0 Å². The number of aryl methyl sites for hydroxylation is 1. The van der Waals surface area contributed by atoms with E-state index in [1.54, 1.807) is 0 Å². The monoisotopic (exact) mass is 308 g/mol. The molecule has 0 aromatic carbocycles. The lowest BCUT2D eigenvalue weighted by atomic mass is 9.97. The smallest absolute Gasteiger partial charge is 0.137 e. The minimum absolute atomic E-state index is 0.480. The third-order valence-electron chi connectivity index (χ3n) is 4.88. The second kappa shape index (κ2) is 6.09. The normalized spacial score (nSPS) is 26.8. The molecule has 4 nitrogen and oxygen atoms in total. The van der Waals surface area contributed by atoms with Crippen LogP contribution in [0.25, 0.3) is 0 Å². The van der Waals surface area contributed by atoms with Crippen molar-refractivity contribution in [3.8, 4) is 0 Å². The number of halogens is 1. The van der Waals surface area contributed by atoms with E-state index in [-0.39, 0.29) is 0 Å². The van der Waals surface area contributed by atoms with E-state index in [1.807, 2.05) is 6.92 Å². The molecule has 2 aliphatic rings. The Morgan fingerprint density at radius 2 is 2.05 bits per heavy atom. The quantitative estimate of drug-likeness (QED) is 0.786. The lowest BCUT2D eigenvalue weighted by Gasteiger charge is -2.48. The zero-order valence-electron chi connectivity index (χ0n) is 13.3. The number of piperidine rings is 1. The van der Waals surface area contributed by atoms with Crippen molar-refractivity contribution in [3.05, 3.63) is 16.5 Å². The van der Waals surface area contributed by atoms with Gasteiger partial charge in [-0.3, -0.25) is 4.90 Å². The summed E-state index contributed by atoms with van der Waals surface area (Å²) >= 11 is 6.31. The van der Waals surface area contributed by atoms with Crippen molar-refractivity contribution in [3.63, 3.8) is 0 Å². The summed E-state index contributed by atoms with van der Waals surface area (Å²) < 4.78 is 0. The highest BCUT2D eigenvalue weighted by molar-refractivity contribution is 6.30. The average molecular weight is 309 g/mol. The number of hydrogen-bond acceptors (Lipinski definition) is 4. The van der Waals surface area contributed by atoms with Crippen LogP contribution in [0.3, 0.4) is 0 Å². The van der Waals surface area contributed by atoms with Crippen LogP contribution >= 0.6 is 11.6 Å². The minimum atomic E-state index is 0.480. The number of rotatable bonds is 2. The van der Waals surface area contributed by atoms with Crippen molar-refractivity contribution >= 4 is 17.4 Å². The molecule has 5 heteroatoms. The molecule has 1 aromatic rings. The van der Waals surface area contributed by atoms with Crippen molar-refractivity contribution in [2.24, 2.45) is 0 Å². The van der Waals surface area contributed by atoms with Crippen molar-refractivity contribution in [2.45, 2.75) is 58.5 Å². The van der Waals surface area contributed by atoms with Gasteiger partial charge in [0.25, 0.3) is 0 Å². The summed E-state index contributed by atoms with van der Waals surface area (Å²) in [5.41, 5.74) is 1.02. The zero-order chi connectivity index (χ0) is 15.0. The maximum absolute atomic E-state index is 6.31. The van der Waals surface area contributed by atoms with Crippen LogP contribution in [0.2, 0.25) is 5.15 Å². The second-order valence-corrected chi connectivity index (χ2v) is 6.74. The van der Waals surface area contributed by atoms with E-state index < -0.39 is 0 Å². The molecule has 21 heavy (non-hydrogen) atoms. The number of anilines is 1. The molecule has 0 aliphatic carbocycles. The summed E-state index contributed by atoms with van der Waals surface area (Å²) in [5, 5.41) is 0.607. The SMILES string of the molecule is CCc1nc(Cl)c(C)c(N2CC3CCCCN3CC2C)n1. The van der Waals surface area contributed by atoms with E-state index >= 15 is 0 Å². The number of hydrogen-bond donors (Lipinski definition) is 0. The van der Waals surface area contributed by atoms with Crippen molar-refractivity contribution < 1.29 is 0 Å². The van der Waals surface area contributed by atoms with Crippen LogP contribution in [0.1, 0.15) is 44.5 Å². The number of piperazine rings is 1. The summed E-state index contributed by atoms with van der Waals surface area (Å²) in [5.74, 6) is 1.89. The summed E-state index contributed by atoms with van der Waals surface area (Å²) in [6.45, 7) is 9.87. The fourth-order valence-electron chi connectivity index (χ4n) is 3.61. The van der Waals surface area contributed by atoms with Crippen LogP contribution in [0.5, 0.6) is 0 Å².